The van der Waals surface area contributed by atoms with Crippen molar-refractivity contribution in [1.29, 1.82) is 0 Å². The third kappa shape index (κ3) is 3.46. The average molecular weight is 286 g/mol. The molecule has 0 fully saturated rings. The van der Waals surface area contributed by atoms with Crippen LogP contribution in [0.3, 0.4) is 0 Å². The molecule has 0 radical (unpaired) electrons. The van der Waals surface area contributed by atoms with E-state index in [2.05, 4.69) is 39.1 Å². The van der Waals surface area contributed by atoms with Crippen molar-refractivity contribution in [3.05, 3.63) is 41.1 Å². The second-order valence-electron chi connectivity index (χ2n) is 7.03. The molecule has 1 atom stereocenters. The Bertz CT molecular complexity index is 585. The number of carbonyl (C=O) groups excluding carboxylic acids is 1. The third-order valence-electron chi connectivity index (χ3n) is 3.91. The minimum Gasteiger partial charge on any atom is -0.383 e. The molecule has 1 aliphatic heterocycles. The number of benzene rings is 1. The number of rotatable bonds is 3. The summed E-state index contributed by atoms with van der Waals surface area (Å²) in [7, 11) is 3.83. The molecule has 1 aromatic rings. The summed E-state index contributed by atoms with van der Waals surface area (Å²) in [6.45, 7) is 8.68. The summed E-state index contributed by atoms with van der Waals surface area (Å²) in [6.07, 6.45) is 4.52. The van der Waals surface area contributed by atoms with Crippen LogP contribution in [-0.2, 0) is 0 Å². The normalized spacial score (nSPS) is 20.0. The summed E-state index contributed by atoms with van der Waals surface area (Å²) in [5.74, 6) is 0.515. The van der Waals surface area contributed by atoms with Gasteiger partial charge in [-0.1, -0.05) is 13.0 Å². The van der Waals surface area contributed by atoms with Crippen LogP contribution in [0.2, 0.25) is 0 Å². The molecule has 3 nitrogen and oxygen atoms in total. The van der Waals surface area contributed by atoms with E-state index in [-0.39, 0.29) is 11.3 Å². The van der Waals surface area contributed by atoms with E-state index in [0.29, 0.717) is 5.92 Å². The molecule has 0 unspecified atom stereocenters. The van der Waals surface area contributed by atoms with Gasteiger partial charge in [0.25, 0.3) is 0 Å². The van der Waals surface area contributed by atoms with Gasteiger partial charge in [-0.2, -0.15) is 0 Å². The highest BCUT2D eigenvalue weighted by Gasteiger charge is 2.31. The number of nitrogens with zero attached hydrogens (tertiary/aromatic N) is 1. The van der Waals surface area contributed by atoms with E-state index in [9.17, 15) is 4.79 Å². The number of hydrogen-bond donors (Lipinski definition) is 1. The lowest BCUT2D eigenvalue weighted by Crippen LogP contribution is -2.37. The molecule has 0 saturated heterocycles. The quantitative estimate of drug-likeness (QED) is 0.674. The topological polar surface area (TPSA) is 32.3 Å². The Morgan fingerprint density at radius 2 is 2.05 bits per heavy atom. The lowest BCUT2D eigenvalue weighted by molar-refractivity contribution is 0.104. The third-order valence-corrected chi connectivity index (χ3v) is 3.91. The van der Waals surface area contributed by atoms with Crippen LogP contribution >= 0.6 is 0 Å². The second-order valence-corrected chi connectivity index (χ2v) is 7.03. The predicted molar refractivity (Wildman–Crippen MR) is 89.1 cm³/mol. The molecule has 114 valence electrons. The van der Waals surface area contributed by atoms with Crippen LogP contribution in [0.1, 0.15) is 54.6 Å². The van der Waals surface area contributed by atoms with Crippen molar-refractivity contribution in [2.75, 3.05) is 19.4 Å². The Morgan fingerprint density at radius 1 is 1.38 bits per heavy atom. The van der Waals surface area contributed by atoms with Crippen molar-refractivity contribution < 1.29 is 4.79 Å². The molecule has 1 N–H and O–H groups in total. The second kappa shape index (κ2) is 5.55. The van der Waals surface area contributed by atoms with E-state index < -0.39 is 0 Å². The Labute approximate surface area is 128 Å². The molecule has 0 aromatic heterocycles. The molecular formula is C18H26N2O. The van der Waals surface area contributed by atoms with Crippen molar-refractivity contribution in [3.63, 3.8) is 0 Å². The number of anilines is 1. The zero-order chi connectivity index (χ0) is 15.8. The number of aryl methyl sites for hydroxylation is 1. The zero-order valence-electron chi connectivity index (χ0n) is 13.9. The van der Waals surface area contributed by atoms with E-state index in [0.717, 1.165) is 23.2 Å². The molecule has 0 saturated carbocycles. The monoisotopic (exact) mass is 286 g/mol. The number of ketones is 1. The maximum Gasteiger partial charge on any atom is 0.189 e. The van der Waals surface area contributed by atoms with Crippen LogP contribution in [0.25, 0.3) is 0 Å². The van der Waals surface area contributed by atoms with Gasteiger partial charge >= 0.3 is 0 Å². The summed E-state index contributed by atoms with van der Waals surface area (Å²) in [5, 5.41) is 3.56. The highest BCUT2D eigenvalue weighted by molar-refractivity contribution is 6.09. The predicted octanol–water partition coefficient (Wildman–Crippen LogP) is 3.95. The molecule has 3 heteroatoms. The van der Waals surface area contributed by atoms with Gasteiger partial charge in [-0.05, 0) is 50.3 Å². The fourth-order valence-corrected chi connectivity index (χ4v) is 3.11. The van der Waals surface area contributed by atoms with Gasteiger partial charge in [0, 0.05) is 43.2 Å². The van der Waals surface area contributed by atoms with Crippen LogP contribution in [0.5, 0.6) is 0 Å². The van der Waals surface area contributed by atoms with Crippen molar-refractivity contribution >= 4 is 11.5 Å². The molecule has 1 aliphatic rings. The van der Waals surface area contributed by atoms with Crippen LogP contribution in [0, 0.1) is 6.92 Å². The zero-order valence-corrected chi connectivity index (χ0v) is 13.9. The molecule has 0 spiro atoms. The molecule has 0 amide bonds. The summed E-state index contributed by atoms with van der Waals surface area (Å²) in [5.41, 5.74) is 4.21. The average Bonchev–Trinajstić information content (AvgIpc) is 2.35. The summed E-state index contributed by atoms with van der Waals surface area (Å²) in [6, 6.07) is 4.19. The highest BCUT2D eigenvalue weighted by Crippen LogP contribution is 2.41. The fraction of sp³-hybridized carbons (Fsp3) is 0.500. The first-order valence-electron chi connectivity index (χ1n) is 7.51. The Hall–Kier alpha value is -1.77. The fourth-order valence-electron chi connectivity index (χ4n) is 3.11. The maximum atomic E-state index is 12.5. The number of hydrogen-bond acceptors (Lipinski definition) is 3. The largest absolute Gasteiger partial charge is 0.383 e. The van der Waals surface area contributed by atoms with E-state index in [1.54, 1.807) is 12.3 Å². The van der Waals surface area contributed by atoms with E-state index >= 15 is 0 Å². The Morgan fingerprint density at radius 3 is 2.67 bits per heavy atom. The molecule has 2 rings (SSSR count). The van der Waals surface area contributed by atoms with E-state index in [4.69, 9.17) is 0 Å². The smallest absolute Gasteiger partial charge is 0.189 e. The summed E-state index contributed by atoms with van der Waals surface area (Å²) >= 11 is 0. The maximum absolute atomic E-state index is 12.5. The molecule has 0 bridgehead atoms. The van der Waals surface area contributed by atoms with E-state index in [1.165, 1.54) is 5.56 Å². The summed E-state index contributed by atoms with van der Waals surface area (Å²) < 4.78 is 0. The van der Waals surface area contributed by atoms with Gasteiger partial charge < -0.3 is 10.2 Å². The lowest BCUT2D eigenvalue weighted by Gasteiger charge is -2.38. The first-order valence-corrected chi connectivity index (χ1v) is 7.51. The van der Waals surface area contributed by atoms with Gasteiger partial charge in [-0.25, -0.2) is 0 Å². The van der Waals surface area contributed by atoms with Gasteiger partial charge in [0.05, 0.1) is 0 Å². The first-order chi connectivity index (χ1) is 9.69. The Kier molecular flexibility index (Phi) is 4.13. The highest BCUT2D eigenvalue weighted by atomic mass is 16.1. The standard InChI is InChI=1S/C18H26N2O/c1-12-9-14-13(2)11-18(3,4)19-17(14)15(10-12)16(21)7-8-20(5)6/h7-10,13,19H,11H2,1-6H3/b8-7+/t13-/m0/s1. The molecule has 1 aromatic carbocycles. The molecule has 1 heterocycles. The van der Waals surface area contributed by atoms with Crippen molar-refractivity contribution in [3.8, 4) is 0 Å². The van der Waals surface area contributed by atoms with Crippen LogP contribution in [0.4, 0.5) is 5.69 Å². The number of allylic oxidation sites excluding steroid dienone is 1. The van der Waals surface area contributed by atoms with Gasteiger partial charge in [0.1, 0.15) is 0 Å². The van der Waals surface area contributed by atoms with Gasteiger partial charge in [-0.3, -0.25) is 4.79 Å². The van der Waals surface area contributed by atoms with E-state index in [1.807, 2.05) is 25.1 Å². The van der Waals surface area contributed by atoms with Crippen molar-refractivity contribution in [2.45, 2.75) is 45.6 Å². The summed E-state index contributed by atoms with van der Waals surface area (Å²) in [4.78, 5) is 14.4. The van der Waals surface area contributed by atoms with Gasteiger partial charge in [0.2, 0.25) is 0 Å². The lowest BCUT2D eigenvalue weighted by atomic mass is 9.80. The van der Waals surface area contributed by atoms with Crippen LogP contribution in [0.15, 0.2) is 24.4 Å². The van der Waals surface area contributed by atoms with Crippen molar-refractivity contribution in [1.82, 2.24) is 4.90 Å². The van der Waals surface area contributed by atoms with Crippen LogP contribution in [-0.4, -0.2) is 30.3 Å². The minimum absolute atomic E-state index is 0.0158. The minimum atomic E-state index is 0.0158. The molecular weight excluding hydrogens is 260 g/mol. The van der Waals surface area contributed by atoms with Crippen LogP contribution < -0.4 is 5.32 Å². The number of fused-ring (bicyclic) bond motifs is 1. The Balaban J connectivity index is 2.50. The number of carbonyl (C=O) groups is 1. The SMILES string of the molecule is Cc1cc(C(=O)/C=C/N(C)C)c2c(c1)[C@@H](C)CC(C)(C)N2. The molecule has 0 aliphatic carbocycles. The van der Waals surface area contributed by atoms with Gasteiger partial charge in [0.15, 0.2) is 5.78 Å². The van der Waals surface area contributed by atoms with Gasteiger partial charge in [-0.15, -0.1) is 0 Å². The van der Waals surface area contributed by atoms with Crippen molar-refractivity contribution in [2.24, 2.45) is 0 Å². The molecule has 21 heavy (non-hydrogen) atoms. The number of nitrogens with one attached hydrogen (secondary N) is 1. The first kappa shape index (κ1) is 15.6.